The van der Waals surface area contributed by atoms with Crippen LogP contribution in [0.3, 0.4) is 0 Å². The van der Waals surface area contributed by atoms with Gasteiger partial charge in [-0.25, -0.2) is 0 Å². The summed E-state index contributed by atoms with van der Waals surface area (Å²) in [6.45, 7) is 1.59. The predicted octanol–water partition coefficient (Wildman–Crippen LogP) is 2.19. The van der Waals surface area contributed by atoms with Crippen LogP contribution >= 0.6 is 11.3 Å². The van der Waals surface area contributed by atoms with Crippen molar-refractivity contribution >= 4 is 17.2 Å². The smallest absolute Gasteiger partial charge is 0.263 e. The molecule has 2 aromatic heterocycles. The molecule has 140 valence electrons. The Labute approximate surface area is 157 Å². The highest BCUT2D eigenvalue weighted by Crippen LogP contribution is 2.38. The summed E-state index contributed by atoms with van der Waals surface area (Å²) in [5, 5.41) is 19.8. The number of nitrogens with zero attached hydrogens (tertiary/aromatic N) is 3. The summed E-state index contributed by atoms with van der Waals surface area (Å²) in [6, 6.07) is 4.46. The molecule has 0 aromatic carbocycles. The monoisotopic (exact) mass is 374 g/mol. The number of carbonyl (C=O) groups is 1. The summed E-state index contributed by atoms with van der Waals surface area (Å²) >= 11 is 1.51. The average Bonchev–Trinajstić information content (AvgIpc) is 3.29. The van der Waals surface area contributed by atoms with Gasteiger partial charge < -0.3 is 15.3 Å². The van der Waals surface area contributed by atoms with E-state index in [0.29, 0.717) is 12.0 Å². The van der Waals surface area contributed by atoms with Crippen LogP contribution in [0.1, 0.15) is 47.0 Å². The number of hydrogen-bond acceptors (Lipinski definition) is 5. The van der Waals surface area contributed by atoms with Gasteiger partial charge >= 0.3 is 0 Å². The van der Waals surface area contributed by atoms with Crippen LogP contribution in [0.15, 0.2) is 29.9 Å². The van der Waals surface area contributed by atoms with Crippen LogP contribution in [0.2, 0.25) is 0 Å². The zero-order valence-electron chi connectivity index (χ0n) is 15.0. The van der Waals surface area contributed by atoms with E-state index in [1.807, 2.05) is 40.3 Å². The van der Waals surface area contributed by atoms with Gasteiger partial charge in [0.25, 0.3) is 5.91 Å². The van der Waals surface area contributed by atoms with Crippen LogP contribution in [0.4, 0.5) is 0 Å². The van der Waals surface area contributed by atoms with Gasteiger partial charge in [-0.1, -0.05) is 6.07 Å². The van der Waals surface area contributed by atoms with Crippen LogP contribution < -0.4 is 5.32 Å². The molecular weight excluding hydrogens is 348 g/mol. The fourth-order valence-corrected chi connectivity index (χ4v) is 4.76. The zero-order chi connectivity index (χ0) is 18.1. The second-order valence-corrected chi connectivity index (χ2v) is 8.47. The van der Waals surface area contributed by atoms with Gasteiger partial charge in [0, 0.05) is 44.0 Å². The van der Waals surface area contributed by atoms with Crippen molar-refractivity contribution in [3.63, 3.8) is 0 Å². The molecule has 4 rings (SSSR count). The molecule has 1 amide bonds. The van der Waals surface area contributed by atoms with Crippen LogP contribution in [-0.4, -0.2) is 50.9 Å². The SMILES string of the molecule is Cn1cc([C@H](NC2CCN(C(=O)c3cccs3)CC2)C2CC(O)C2)cn1. The van der Waals surface area contributed by atoms with Crippen molar-refractivity contribution in [3.8, 4) is 0 Å². The molecule has 3 heterocycles. The summed E-state index contributed by atoms with van der Waals surface area (Å²) in [5.41, 5.74) is 1.20. The molecule has 1 aliphatic heterocycles. The molecule has 2 aliphatic rings. The molecule has 2 N–H and O–H groups in total. The van der Waals surface area contributed by atoms with Crippen molar-refractivity contribution in [3.05, 3.63) is 40.3 Å². The summed E-state index contributed by atoms with van der Waals surface area (Å²) in [5.74, 6) is 0.615. The number of carbonyl (C=O) groups excluding carboxylic acids is 1. The number of aliphatic hydroxyl groups excluding tert-OH is 1. The van der Waals surface area contributed by atoms with E-state index >= 15 is 0 Å². The Balaban J connectivity index is 1.36. The van der Waals surface area contributed by atoms with Gasteiger partial charge in [-0.15, -0.1) is 11.3 Å². The number of piperidine rings is 1. The number of amides is 1. The third-order valence-corrected chi connectivity index (χ3v) is 6.49. The highest BCUT2D eigenvalue weighted by Gasteiger charge is 2.37. The fraction of sp³-hybridized carbons (Fsp3) is 0.579. The lowest BCUT2D eigenvalue weighted by molar-refractivity contribution is 0.0196. The molecule has 0 unspecified atom stereocenters. The van der Waals surface area contributed by atoms with Crippen molar-refractivity contribution in [2.24, 2.45) is 13.0 Å². The topological polar surface area (TPSA) is 70.4 Å². The zero-order valence-corrected chi connectivity index (χ0v) is 15.9. The minimum atomic E-state index is -0.161. The van der Waals surface area contributed by atoms with E-state index in [9.17, 15) is 9.90 Å². The molecular formula is C19H26N4O2S. The second kappa shape index (κ2) is 7.50. The van der Waals surface area contributed by atoms with Gasteiger partial charge in [0.05, 0.1) is 17.2 Å². The highest BCUT2D eigenvalue weighted by molar-refractivity contribution is 7.12. The molecule has 1 saturated carbocycles. The van der Waals surface area contributed by atoms with E-state index in [1.54, 1.807) is 0 Å². The summed E-state index contributed by atoms with van der Waals surface area (Å²) in [4.78, 5) is 15.3. The summed E-state index contributed by atoms with van der Waals surface area (Å²) in [7, 11) is 1.94. The van der Waals surface area contributed by atoms with Gasteiger partial charge in [-0.3, -0.25) is 9.48 Å². The van der Waals surface area contributed by atoms with Gasteiger partial charge in [0.15, 0.2) is 0 Å². The van der Waals surface area contributed by atoms with E-state index < -0.39 is 0 Å². The third kappa shape index (κ3) is 3.70. The first-order valence-corrected chi connectivity index (χ1v) is 10.2. The molecule has 6 nitrogen and oxygen atoms in total. The van der Waals surface area contributed by atoms with Gasteiger partial charge in [-0.05, 0) is 43.0 Å². The van der Waals surface area contributed by atoms with E-state index in [1.165, 1.54) is 16.9 Å². The minimum Gasteiger partial charge on any atom is -0.393 e. The van der Waals surface area contributed by atoms with E-state index in [-0.39, 0.29) is 18.1 Å². The Bertz CT molecular complexity index is 731. The van der Waals surface area contributed by atoms with Crippen molar-refractivity contribution in [1.29, 1.82) is 0 Å². The number of hydrogen-bond donors (Lipinski definition) is 2. The van der Waals surface area contributed by atoms with Crippen molar-refractivity contribution in [2.45, 2.75) is 43.9 Å². The second-order valence-electron chi connectivity index (χ2n) is 7.52. The molecule has 2 fully saturated rings. The lowest BCUT2D eigenvalue weighted by Gasteiger charge is -2.41. The first kappa shape index (κ1) is 17.7. The summed E-state index contributed by atoms with van der Waals surface area (Å²) in [6.07, 6.45) is 7.46. The van der Waals surface area contributed by atoms with Crippen LogP contribution in [0.25, 0.3) is 0 Å². The number of thiophene rings is 1. The minimum absolute atomic E-state index is 0.157. The molecule has 1 aliphatic carbocycles. The highest BCUT2D eigenvalue weighted by atomic mass is 32.1. The lowest BCUT2D eigenvalue weighted by atomic mass is 9.75. The molecule has 0 bridgehead atoms. The number of likely N-dealkylation sites (tertiary alicyclic amines) is 1. The molecule has 7 heteroatoms. The molecule has 26 heavy (non-hydrogen) atoms. The Morgan fingerprint density at radius 3 is 2.73 bits per heavy atom. The van der Waals surface area contributed by atoms with Gasteiger partial charge in [0.2, 0.25) is 0 Å². The van der Waals surface area contributed by atoms with E-state index in [2.05, 4.69) is 16.6 Å². The first-order chi connectivity index (χ1) is 12.6. The molecule has 1 atom stereocenters. The molecule has 2 aromatic rings. The number of rotatable bonds is 5. The van der Waals surface area contributed by atoms with Gasteiger partial charge in [-0.2, -0.15) is 5.10 Å². The summed E-state index contributed by atoms with van der Waals surface area (Å²) < 4.78 is 1.83. The maximum atomic E-state index is 12.5. The maximum Gasteiger partial charge on any atom is 0.263 e. The third-order valence-electron chi connectivity index (χ3n) is 5.63. The van der Waals surface area contributed by atoms with E-state index in [4.69, 9.17) is 0 Å². The predicted molar refractivity (Wildman–Crippen MR) is 101 cm³/mol. The molecule has 0 spiro atoms. The standard InChI is InChI=1S/C19H26N4O2S/c1-22-12-14(11-20-22)18(13-9-16(24)10-13)21-15-4-6-23(7-5-15)19(25)17-3-2-8-26-17/h2-3,8,11-13,15-16,18,21,24H,4-7,9-10H2,1H3/t13?,16?,18-/m1/s1. The molecule has 0 radical (unpaired) electrons. The number of aliphatic hydroxyl groups is 1. The van der Waals surface area contributed by atoms with Crippen molar-refractivity contribution in [2.75, 3.05) is 13.1 Å². The normalized spacial score (nSPS) is 25.1. The maximum absolute atomic E-state index is 12.5. The number of nitrogens with one attached hydrogen (secondary N) is 1. The van der Waals surface area contributed by atoms with Crippen LogP contribution in [0, 0.1) is 5.92 Å². The van der Waals surface area contributed by atoms with E-state index in [0.717, 1.165) is 43.6 Å². The Morgan fingerprint density at radius 1 is 1.38 bits per heavy atom. The van der Waals surface area contributed by atoms with Crippen molar-refractivity contribution < 1.29 is 9.90 Å². The van der Waals surface area contributed by atoms with Crippen LogP contribution in [0.5, 0.6) is 0 Å². The van der Waals surface area contributed by atoms with Crippen LogP contribution in [-0.2, 0) is 7.05 Å². The van der Waals surface area contributed by atoms with Crippen molar-refractivity contribution in [1.82, 2.24) is 20.0 Å². The Kier molecular flexibility index (Phi) is 5.11. The number of aryl methyl sites for hydroxylation is 1. The lowest BCUT2D eigenvalue weighted by Crippen LogP contribution is -2.48. The van der Waals surface area contributed by atoms with Gasteiger partial charge in [0.1, 0.15) is 0 Å². The average molecular weight is 375 g/mol. The molecule has 1 saturated heterocycles. The first-order valence-electron chi connectivity index (χ1n) is 9.35. The number of aromatic nitrogens is 2. The fourth-order valence-electron chi connectivity index (χ4n) is 4.07. The largest absolute Gasteiger partial charge is 0.393 e. The Morgan fingerprint density at radius 2 is 2.15 bits per heavy atom. The quantitative estimate of drug-likeness (QED) is 0.842. The Hall–Kier alpha value is -1.70.